The lowest BCUT2D eigenvalue weighted by Gasteiger charge is -2.06. The number of aromatic amines is 1. The van der Waals surface area contributed by atoms with E-state index in [0.717, 1.165) is 0 Å². The Morgan fingerprint density at radius 2 is 2.40 bits per heavy atom. The summed E-state index contributed by atoms with van der Waals surface area (Å²) in [4.78, 5) is 18.2. The van der Waals surface area contributed by atoms with Crippen molar-refractivity contribution in [2.75, 3.05) is 7.11 Å². The normalized spacial score (nSPS) is 10.3. The lowest BCUT2D eigenvalue weighted by Crippen LogP contribution is -2.19. The summed E-state index contributed by atoms with van der Waals surface area (Å²) in [7, 11) is 1.45. The molecule has 0 fully saturated rings. The molecule has 0 aliphatic rings. The number of H-pyrrole nitrogens is 1. The fourth-order valence-corrected chi connectivity index (χ4v) is 1.37. The number of methoxy groups -OCH3 is 1. The van der Waals surface area contributed by atoms with Gasteiger partial charge in [-0.3, -0.25) is 10.0 Å². The van der Waals surface area contributed by atoms with Gasteiger partial charge in [-0.05, 0) is 6.07 Å². The molecule has 1 aromatic heterocycles. The largest absolute Gasteiger partial charge is 0.496 e. The van der Waals surface area contributed by atoms with Gasteiger partial charge in [-0.15, -0.1) is 0 Å². The fourth-order valence-electron chi connectivity index (χ4n) is 1.37. The molecule has 2 rings (SSSR count). The van der Waals surface area contributed by atoms with Gasteiger partial charge in [-0.1, -0.05) is 0 Å². The average Bonchev–Trinajstić information content (AvgIpc) is 2.73. The second kappa shape index (κ2) is 3.58. The standard InChI is InChI=1S/C9H9N3O3/c1-15-8-3-7-6(10-4-11-7)2-5(8)9(13)12-14/h2-4,14H,1H3,(H,10,11)(H,12,13). The first-order valence-corrected chi connectivity index (χ1v) is 4.22. The Hall–Kier alpha value is -2.08. The van der Waals surface area contributed by atoms with Gasteiger partial charge in [0, 0.05) is 6.07 Å². The van der Waals surface area contributed by atoms with Gasteiger partial charge in [0.25, 0.3) is 5.91 Å². The van der Waals surface area contributed by atoms with E-state index in [1.165, 1.54) is 13.4 Å². The van der Waals surface area contributed by atoms with Crippen molar-refractivity contribution in [1.29, 1.82) is 0 Å². The molecule has 0 aliphatic carbocycles. The van der Waals surface area contributed by atoms with Crippen LogP contribution in [0.1, 0.15) is 10.4 Å². The Labute approximate surface area is 84.8 Å². The first-order chi connectivity index (χ1) is 7.26. The van der Waals surface area contributed by atoms with Crippen molar-refractivity contribution in [3.05, 3.63) is 24.0 Å². The van der Waals surface area contributed by atoms with E-state index in [-0.39, 0.29) is 5.56 Å². The molecule has 0 bridgehead atoms. The van der Waals surface area contributed by atoms with Gasteiger partial charge < -0.3 is 9.72 Å². The van der Waals surface area contributed by atoms with Gasteiger partial charge in [0.05, 0.1) is 30.0 Å². The molecule has 0 atom stereocenters. The number of hydroxylamine groups is 1. The van der Waals surface area contributed by atoms with Gasteiger partial charge in [-0.25, -0.2) is 10.5 Å². The van der Waals surface area contributed by atoms with Crippen LogP contribution in [-0.2, 0) is 0 Å². The van der Waals surface area contributed by atoms with Crippen LogP contribution in [0, 0.1) is 0 Å². The molecule has 2 aromatic rings. The third-order valence-corrected chi connectivity index (χ3v) is 2.09. The highest BCUT2D eigenvalue weighted by Gasteiger charge is 2.13. The molecule has 0 spiro atoms. The van der Waals surface area contributed by atoms with Gasteiger partial charge in [0.2, 0.25) is 0 Å². The quantitative estimate of drug-likeness (QED) is 0.499. The summed E-state index contributed by atoms with van der Waals surface area (Å²) in [5.74, 6) is -0.260. The molecule has 1 heterocycles. The fraction of sp³-hybridized carbons (Fsp3) is 0.111. The maximum Gasteiger partial charge on any atom is 0.278 e. The first-order valence-electron chi connectivity index (χ1n) is 4.22. The molecule has 0 aliphatic heterocycles. The minimum Gasteiger partial charge on any atom is -0.496 e. The van der Waals surface area contributed by atoms with Crippen LogP contribution in [0.5, 0.6) is 5.75 Å². The number of benzene rings is 1. The van der Waals surface area contributed by atoms with Gasteiger partial charge >= 0.3 is 0 Å². The van der Waals surface area contributed by atoms with Gasteiger partial charge in [0.15, 0.2) is 0 Å². The highest BCUT2D eigenvalue weighted by Crippen LogP contribution is 2.23. The number of carbonyl (C=O) groups is 1. The van der Waals surface area contributed by atoms with E-state index in [1.54, 1.807) is 17.6 Å². The van der Waals surface area contributed by atoms with E-state index in [9.17, 15) is 4.79 Å². The van der Waals surface area contributed by atoms with Gasteiger partial charge in [-0.2, -0.15) is 0 Å². The van der Waals surface area contributed by atoms with Crippen molar-refractivity contribution < 1.29 is 14.7 Å². The third kappa shape index (κ3) is 1.50. The summed E-state index contributed by atoms with van der Waals surface area (Å²) in [6, 6.07) is 3.18. The van der Waals surface area contributed by atoms with Crippen molar-refractivity contribution >= 4 is 16.9 Å². The monoisotopic (exact) mass is 207 g/mol. The number of imidazole rings is 1. The molecule has 78 valence electrons. The van der Waals surface area contributed by atoms with E-state index >= 15 is 0 Å². The number of rotatable bonds is 2. The summed E-state index contributed by atoms with van der Waals surface area (Å²) in [5.41, 5.74) is 3.21. The second-order valence-corrected chi connectivity index (χ2v) is 2.91. The summed E-state index contributed by atoms with van der Waals surface area (Å²) in [6.07, 6.45) is 1.52. The lowest BCUT2D eigenvalue weighted by atomic mass is 10.1. The summed E-state index contributed by atoms with van der Waals surface area (Å²) in [6.45, 7) is 0. The number of carbonyl (C=O) groups excluding carboxylic acids is 1. The SMILES string of the molecule is COc1cc2nc[nH]c2cc1C(=O)NO. The molecule has 0 radical (unpaired) electrons. The van der Waals surface area contributed by atoms with Crippen molar-refractivity contribution in [2.45, 2.75) is 0 Å². The lowest BCUT2D eigenvalue weighted by molar-refractivity contribution is 0.0703. The predicted octanol–water partition coefficient (Wildman–Crippen LogP) is 0.690. The number of ether oxygens (including phenoxy) is 1. The minimum absolute atomic E-state index is 0.247. The Kier molecular flexibility index (Phi) is 2.26. The average molecular weight is 207 g/mol. The number of nitrogens with zero attached hydrogens (tertiary/aromatic N) is 1. The van der Waals surface area contributed by atoms with Crippen LogP contribution in [-0.4, -0.2) is 28.2 Å². The molecule has 15 heavy (non-hydrogen) atoms. The van der Waals surface area contributed by atoms with E-state index in [4.69, 9.17) is 9.94 Å². The molecule has 1 amide bonds. The molecule has 3 N–H and O–H groups in total. The molecule has 6 nitrogen and oxygen atoms in total. The molecule has 0 unspecified atom stereocenters. The third-order valence-electron chi connectivity index (χ3n) is 2.09. The molecular weight excluding hydrogens is 198 g/mol. The Morgan fingerprint density at radius 1 is 1.60 bits per heavy atom. The number of hydrogen-bond donors (Lipinski definition) is 3. The Balaban J connectivity index is 2.64. The maximum absolute atomic E-state index is 11.3. The van der Waals surface area contributed by atoms with Crippen molar-refractivity contribution in [3.63, 3.8) is 0 Å². The van der Waals surface area contributed by atoms with Crippen LogP contribution in [0.2, 0.25) is 0 Å². The van der Waals surface area contributed by atoms with E-state index in [2.05, 4.69) is 9.97 Å². The van der Waals surface area contributed by atoms with Crippen LogP contribution >= 0.6 is 0 Å². The number of amides is 1. The predicted molar refractivity (Wildman–Crippen MR) is 51.9 cm³/mol. The Morgan fingerprint density at radius 3 is 3.07 bits per heavy atom. The number of hydrogen-bond acceptors (Lipinski definition) is 4. The van der Waals surface area contributed by atoms with Crippen LogP contribution in [0.15, 0.2) is 18.5 Å². The zero-order valence-corrected chi connectivity index (χ0v) is 7.94. The zero-order chi connectivity index (χ0) is 10.8. The van der Waals surface area contributed by atoms with Crippen LogP contribution in [0.4, 0.5) is 0 Å². The highest BCUT2D eigenvalue weighted by molar-refractivity contribution is 5.99. The van der Waals surface area contributed by atoms with Crippen LogP contribution in [0.25, 0.3) is 11.0 Å². The summed E-state index contributed by atoms with van der Waals surface area (Å²) >= 11 is 0. The minimum atomic E-state index is -0.622. The molecule has 0 saturated heterocycles. The molecule has 0 saturated carbocycles. The molecule has 1 aromatic carbocycles. The zero-order valence-electron chi connectivity index (χ0n) is 7.94. The first kappa shape index (κ1) is 9.47. The summed E-state index contributed by atoms with van der Waals surface area (Å²) in [5, 5.41) is 8.55. The molecular formula is C9H9N3O3. The topological polar surface area (TPSA) is 87.2 Å². The highest BCUT2D eigenvalue weighted by atomic mass is 16.5. The Bertz CT molecular complexity index is 506. The van der Waals surface area contributed by atoms with Crippen LogP contribution < -0.4 is 10.2 Å². The molecule has 6 heteroatoms. The van der Waals surface area contributed by atoms with Crippen molar-refractivity contribution in [2.24, 2.45) is 0 Å². The number of nitrogens with one attached hydrogen (secondary N) is 2. The van der Waals surface area contributed by atoms with E-state index < -0.39 is 5.91 Å². The van der Waals surface area contributed by atoms with Crippen molar-refractivity contribution in [3.8, 4) is 5.75 Å². The maximum atomic E-state index is 11.3. The van der Waals surface area contributed by atoms with Crippen LogP contribution in [0.3, 0.4) is 0 Å². The smallest absolute Gasteiger partial charge is 0.278 e. The second-order valence-electron chi connectivity index (χ2n) is 2.91. The van der Waals surface area contributed by atoms with Crippen molar-refractivity contribution in [1.82, 2.24) is 15.4 Å². The van der Waals surface area contributed by atoms with E-state index in [1.807, 2.05) is 0 Å². The van der Waals surface area contributed by atoms with Gasteiger partial charge in [0.1, 0.15) is 5.75 Å². The van der Waals surface area contributed by atoms with E-state index in [0.29, 0.717) is 16.8 Å². The number of aromatic nitrogens is 2. The summed E-state index contributed by atoms with van der Waals surface area (Å²) < 4.78 is 5.02. The number of fused-ring (bicyclic) bond motifs is 1.